The topological polar surface area (TPSA) is 52.9 Å². The van der Waals surface area contributed by atoms with E-state index in [1.165, 1.54) is 5.56 Å². The third kappa shape index (κ3) is 2.28. The van der Waals surface area contributed by atoms with Gasteiger partial charge in [-0.15, -0.1) is 0 Å². The molecule has 1 N–H and O–H groups in total. The van der Waals surface area contributed by atoms with Crippen molar-refractivity contribution in [3.8, 4) is 6.07 Å². The molecule has 1 unspecified atom stereocenters. The second kappa shape index (κ2) is 5.18. The van der Waals surface area contributed by atoms with Crippen molar-refractivity contribution in [1.82, 2.24) is 0 Å². The van der Waals surface area contributed by atoms with Gasteiger partial charge in [0, 0.05) is 5.69 Å². The molecule has 2 aromatic carbocycles. The monoisotopic (exact) mass is 262 g/mol. The van der Waals surface area contributed by atoms with Gasteiger partial charge in [0.2, 0.25) is 5.91 Å². The molecule has 0 aromatic heterocycles. The Balaban J connectivity index is 1.67. The largest absolute Gasteiger partial charge is 0.326 e. The molecule has 3 heteroatoms. The first-order chi connectivity index (χ1) is 9.78. The van der Waals surface area contributed by atoms with Crippen LogP contribution in [0.25, 0.3) is 0 Å². The second-order valence-corrected chi connectivity index (χ2v) is 4.98. The SMILES string of the molecule is N#CCc1ccc(NC(=O)C2Cc3ccccc32)cc1. The third-order valence-electron chi connectivity index (χ3n) is 3.68. The van der Waals surface area contributed by atoms with Crippen molar-refractivity contribution >= 4 is 11.6 Å². The average Bonchev–Trinajstić information content (AvgIpc) is 2.43. The number of carbonyl (C=O) groups is 1. The summed E-state index contributed by atoms with van der Waals surface area (Å²) in [6.07, 6.45) is 1.21. The Morgan fingerprint density at radius 1 is 1.20 bits per heavy atom. The Kier molecular flexibility index (Phi) is 3.22. The van der Waals surface area contributed by atoms with Crippen LogP contribution in [0.4, 0.5) is 5.69 Å². The highest BCUT2D eigenvalue weighted by Crippen LogP contribution is 2.35. The van der Waals surface area contributed by atoms with Crippen molar-refractivity contribution in [3.63, 3.8) is 0 Å². The van der Waals surface area contributed by atoms with Gasteiger partial charge in [0.25, 0.3) is 0 Å². The zero-order valence-corrected chi connectivity index (χ0v) is 11.0. The Hall–Kier alpha value is -2.60. The number of anilines is 1. The number of hydrogen-bond acceptors (Lipinski definition) is 2. The maximum Gasteiger partial charge on any atom is 0.232 e. The summed E-state index contributed by atoms with van der Waals surface area (Å²) in [6.45, 7) is 0. The lowest BCUT2D eigenvalue weighted by molar-refractivity contribution is -0.118. The van der Waals surface area contributed by atoms with E-state index in [0.717, 1.165) is 23.2 Å². The lowest BCUT2D eigenvalue weighted by Crippen LogP contribution is -2.30. The zero-order chi connectivity index (χ0) is 13.9. The molecule has 2 aromatic rings. The smallest absolute Gasteiger partial charge is 0.232 e. The second-order valence-electron chi connectivity index (χ2n) is 4.98. The third-order valence-corrected chi connectivity index (χ3v) is 3.68. The summed E-state index contributed by atoms with van der Waals surface area (Å²) in [5.41, 5.74) is 4.13. The molecule has 1 atom stereocenters. The minimum atomic E-state index is -0.0371. The summed E-state index contributed by atoms with van der Waals surface area (Å²) < 4.78 is 0. The summed E-state index contributed by atoms with van der Waals surface area (Å²) in [5.74, 6) is 0.00159. The van der Waals surface area contributed by atoms with Crippen LogP contribution in [0.3, 0.4) is 0 Å². The molecule has 98 valence electrons. The van der Waals surface area contributed by atoms with E-state index in [9.17, 15) is 4.79 Å². The molecule has 0 bridgehead atoms. The van der Waals surface area contributed by atoms with Gasteiger partial charge in [-0.3, -0.25) is 4.79 Å². The van der Waals surface area contributed by atoms with E-state index >= 15 is 0 Å². The fourth-order valence-electron chi connectivity index (χ4n) is 2.52. The molecule has 0 heterocycles. The first-order valence-electron chi connectivity index (χ1n) is 6.62. The number of carbonyl (C=O) groups excluding carboxylic acids is 1. The van der Waals surface area contributed by atoms with Crippen LogP contribution in [0.15, 0.2) is 48.5 Å². The van der Waals surface area contributed by atoms with Crippen LogP contribution in [-0.2, 0) is 17.6 Å². The Labute approximate surface area is 117 Å². The fraction of sp³-hybridized carbons (Fsp3) is 0.176. The van der Waals surface area contributed by atoms with E-state index in [2.05, 4.69) is 17.5 Å². The predicted molar refractivity (Wildman–Crippen MR) is 77.3 cm³/mol. The summed E-state index contributed by atoms with van der Waals surface area (Å²) in [7, 11) is 0. The first kappa shape index (κ1) is 12.4. The molecular weight excluding hydrogens is 248 g/mol. The molecule has 0 saturated carbocycles. The highest BCUT2D eigenvalue weighted by atomic mass is 16.1. The molecule has 0 radical (unpaired) electrons. The van der Waals surface area contributed by atoms with Crippen LogP contribution in [-0.4, -0.2) is 5.91 Å². The Bertz CT molecular complexity index is 683. The number of fused-ring (bicyclic) bond motifs is 1. The van der Waals surface area contributed by atoms with Crippen molar-refractivity contribution in [2.75, 3.05) is 5.32 Å². The van der Waals surface area contributed by atoms with Crippen molar-refractivity contribution in [3.05, 3.63) is 65.2 Å². The summed E-state index contributed by atoms with van der Waals surface area (Å²) in [6, 6.07) is 17.6. The van der Waals surface area contributed by atoms with Crippen LogP contribution in [0.1, 0.15) is 22.6 Å². The average molecular weight is 262 g/mol. The van der Waals surface area contributed by atoms with Crippen LogP contribution in [0.2, 0.25) is 0 Å². The number of amides is 1. The van der Waals surface area contributed by atoms with Crippen molar-refractivity contribution in [2.45, 2.75) is 18.8 Å². The maximum absolute atomic E-state index is 12.2. The molecule has 0 fully saturated rings. The Morgan fingerprint density at radius 2 is 1.95 bits per heavy atom. The lowest BCUT2D eigenvalue weighted by Gasteiger charge is -2.28. The Morgan fingerprint density at radius 3 is 2.65 bits per heavy atom. The minimum absolute atomic E-state index is 0.0371. The van der Waals surface area contributed by atoms with Crippen molar-refractivity contribution in [1.29, 1.82) is 5.26 Å². The minimum Gasteiger partial charge on any atom is -0.326 e. The van der Waals surface area contributed by atoms with E-state index in [-0.39, 0.29) is 11.8 Å². The molecule has 1 aliphatic carbocycles. The van der Waals surface area contributed by atoms with Crippen LogP contribution in [0, 0.1) is 11.3 Å². The fourth-order valence-corrected chi connectivity index (χ4v) is 2.52. The van der Waals surface area contributed by atoms with Gasteiger partial charge in [0.1, 0.15) is 0 Å². The molecule has 0 aliphatic heterocycles. The van der Waals surface area contributed by atoms with Crippen molar-refractivity contribution < 1.29 is 4.79 Å². The van der Waals surface area contributed by atoms with Gasteiger partial charge in [-0.05, 0) is 35.2 Å². The van der Waals surface area contributed by atoms with Gasteiger partial charge < -0.3 is 5.32 Å². The number of nitrogens with one attached hydrogen (secondary N) is 1. The molecule has 1 amide bonds. The number of benzene rings is 2. The van der Waals surface area contributed by atoms with Crippen LogP contribution >= 0.6 is 0 Å². The number of nitriles is 1. The maximum atomic E-state index is 12.2. The van der Waals surface area contributed by atoms with E-state index in [1.54, 1.807) is 0 Å². The summed E-state index contributed by atoms with van der Waals surface area (Å²) >= 11 is 0. The molecule has 3 nitrogen and oxygen atoms in total. The normalized spacial score (nSPS) is 15.7. The molecule has 3 rings (SSSR count). The molecule has 0 spiro atoms. The van der Waals surface area contributed by atoms with E-state index in [1.807, 2.05) is 42.5 Å². The highest BCUT2D eigenvalue weighted by molar-refractivity contribution is 5.97. The molecular formula is C17H14N2O. The number of hydrogen-bond donors (Lipinski definition) is 1. The molecule has 20 heavy (non-hydrogen) atoms. The number of nitrogens with zero attached hydrogens (tertiary/aromatic N) is 1. The lowest BCUT2D eigenvalue weighted by atomic mass is 9.77. The van der Waals surface area contributed by atoms with Gasteiger partial charge >= 0.3 is 0 Å². The van der Waals surface area contributed by atoms with Gasteiger partial charge in [-0.25, -0.2) is 0 Å². The van der Waals surface area contributed by atoms with Crippen molar-refractivity contribution in [2.24, 2.45) is 0 Å². The summed E-state index contributed by atoms with van der Waals surface area (Å²) in [5, 5.41) is 11.6. The van der Waals surface area contributed by atoms with E-state index in [4.69, 9.17) is 5.26 Å². The van der Waals surface area contributed by atoms with Crippen LogP contribution in [0.5, 0.6) is 0 Å². The summed E-state index contributed by atoms with van der Waals surface area (Å²) in [4.78, 5) is 12.2. The first-order valence-corrected chi connectivity index (χ1v) is 6.62. The molecule has 1 aliphatic rings. The highest BCUT2D eigenvalue weighted by Gasteiger charge is 2.31. The van der Waals surface area contributed by atoms with Gasteiger partial charge in [-0.2, -0.15) is 5.26 Å². The van der Waals surface area contributed by atoms with E-state index in [0.29, 0.717) is 6.42 Å². The van der Waals surface area contributed by atoms with Crippen LogP contribution < -0.4 is 5.32 Å². The van der Waals surface area contributed by atoms with Gasteiger partial charge in [0.15, 0.2) is 0 Å². The number of rotatable bonds is 3. The standard InChI is InChI=1S/C17H14N2O/c18-10-9-12-5-7-14(8-6-12)19-17(20)16-11-13-3-1-2-4-15(13)16/h1-8,16H,9,11H2,(H,19,20). The van der Waals surface area contributed by atoms with E-state index < -0.39 is 0 Å². The predicted octanol–water partition coefficient (Wildman–Crippen LogP) is 3.03. The zero-order valence-electron chi connectivity index (χ0n) is 11.0. The van der Waals surface area contributed by atoms with Gasteiger partial charge in [0.05, 0.1) is 18.4 Å². The van der Waals surface area contributed by atoms with Gasteiger partial charge in [-0.1, -0.05) is 36.4 Å². The quantitative estimate of drug-likeness (QED) is 0.924. The molecule has 0 saturated heterocycles.